The molecule has 5 nitrogen and oxygen atoms in total. The van der Waals surface area contributed by atoms with E-state index in [1.54, 1.807) is 6.33 Å². The van der Waals surface area contributed by atoms with Gasteiger partial charge in [0.1, 0.15) is 18.8 Å². The van der Waals surface area contributed by atoms with Crippen molar-refractivity contribution in [2.24, 2.45) is 0 Å². The predicted molar refractivity (Wildman–Crippen MR) is 81.5 cm³/mol. The van der Waals surface area contributed by atoms with E-state index in [4.69, 9.17) is 9.47 Å². The van der Waals surface area contributed by atoms with Crippen LogP contribution in [0.15, 0.2) is 6.33 Å². The lowest BCUT2D eigenvalue weighted by atomic mass is 10.1. The van der Waals surface area contributed by atoms with Crippen molar-refractivity contribution in [2.75, 3.05) is 25.1 Å². The van der Waals surface area contributed by atoms with Gasteiger partial charge in [0.05, 0.1) is 18.3 Å². The minimum Gasteiger partial charge on any atom is -0.475 e. The first-order valence-electron chi connectivity index (χ1n) is 7.39. The van der Waals surface area contributed by atoms with Crippen LogP contribution < -0.4 is 10.1 Å². The van der Waals surface area contributed by atoms with Gasteiger partial charge in [-0.3, -0.25) is 0 Å². The number of hydrogen-bond donors (Lipinski definition) is 1. The summed E-state index contributed by atoms with van der Waals surface area (Å²) in [5.74, 6) is 1.83. The number of anilines is 1. The second-order valence-corrected chi connectivity index (χ2v) is 5.29. The lowest BCUT2D eigenvalue weighted by Gasteiger charge is -2.17. The normalized spacial score (nSPS) is 11.2. The largest absolute Gasteiger partial charge is 0.475 e. The maximum atomic E-state index is 5.75. The number of aromatic nitrogens is 2. The van der Waals surface area contributed by atoms with E-state index in [-0.39, 0.29) is 6.10 Å². The highest BCUT2D eigenvalue weighted by atomic mass is 16.5. The predicted octanol–water partition coefficient (Wildman–Crippen LogP) is 3.23. The van der Waals surface area contributed by atoms with Gasteiger partial charge in [0.15, 0.2) is 0 Å². The summed E-state index contributed by atoms with van der Waals surface area (Å²) < 4.78 is 11.2. The quantitative estimate of drug-likeness (QED) is 0.704. The van der Waals surface area contributed by atoms with Crippen molar-refractivity contribution in [3.05, 3.63) is 11.9 Å². The Balaban J connectivity index is 2.73. The summed E-state index contributed by atoms with van der Waals surface area (Å²) in [4.78, 5) is 8.58. The molecule has 0 amide bonds. The Morgan fingerprint density at radius 2 is 1.90 bits per heavy atom. The van der Waals surface area contributed by atoms with Crippen molar-refractivity contribution < 1.29 is 9.47 Å². The molecule has 0 saturated heterocycles. The zero-order valence-electron chi connectivity index (χ0n) is 13.3. The second-order valence-electron chi connectivity index (χ2n) is 5.29. The molecule has 1 heterocycles. The first-order chi connectivity index (χ1) is 9.56. The maximum absolute atomic E-state index is 5.75. The molecule has 0 saturated carbocycles. The van der Waals surface area contributed by atoms with E-state index in [1.165, 1.54) is 0 Å². The van der Waals surface area contributed by atoms with Gasteiger partial charge in [-0.05, 0) is 26.2 Å². The molecular formula is C15H27N3O2. The molecule has 0 aliphatic carbocycles. The number of nitrogens with zero attached hydrogens (tertiary/aromatic N) is 2. The van der Waals surface area contributed by atoms with E-state index < -0.39 is 0 Å². The van der Waals surface area contributed by atoms with E-state index in [2.05, 4.69) is 36.1 Å². The average molecular weight is 281 g/mol. The molecule has 0 aliphatic rings. The fraction of sp³-hybridized carbons (Fsp3) is 0.733. The first-order valence-corrected chi connectivity index (χ1v) is 7.39. The van der Waals surface area contributed by atoms with Gasteiger partial charge in [-0.25, -0.2) is 9.97 Å². The van der Waals surface area contributed by atoms with Crippen molar-refractivity contribution in [1.82, 2.24) is 9.97 Å². The molecule has 20 heavy (non-hydrogen) atoms. The number of rotatable bonds is 9. The molecule has 0 aromatic carbocycles. The summed E-state index contributed by atoms with van der Waals surface area (Å²) in [5.41, 5.74) is 1.03. The van der Waals surface area contributed by atoms with E-state index in [1.807, 2.05) is 13.8 Å². The number of hydrogen-bond acceptors (Lipinski definition) is 5. The third kappa shape index (κ3) is 5.33. The minimum absolute atomic E-state index is 0.218. The summed E-state index contributed by atoms with van der Waals surface area (Å²) in [6.45, 7) is 12.4. The second kappa shape index (κ2) is 8.74. The highest BCUT2D eigenvalue weighted by Crippen LogP contribution is 2.29. The number of ether oxygens (including phenoxy) is 2. The Morgan fingerprint density at radius 1 is 1.15 bits per heavy atom. The average Bonchev–Trinajstić information content (AvgIpc) is 2.40. The molecule has 0 atom stereocenters. The third-order valence-corrected chi connectivity index (χ3v) is 2.74. The van der Waals surface area contributed by atoms with E-state index in [0.717, 1.165) is 24.3 Å². The molecule has 0 aliphatic heterocycles. The van der Waals surface area contributed by atoms with Gasteiger partial charge in [-0.2, -0.15) is 0 Å². The fourth-order valence-electron chi connectivity index (χ4n) is 1.82. The summed E-state index contributed by atoms with van der Waals surface area (Å²) in [6.07, 6.45) is 2.82. The molecule has 1 aromatic rings. The molecule has 5 heteroatoms. The van der Waals surface area contributed by atoms with Crippen molar-refractivity contribution >= 4 is 5.82 Å². The monoisotopic (exact) mass is 281 g/mol. The Hall–Kier alpha value is -1.36. The first kappa shape index (κ1) is 16.7. The molecule has 0 radical (unpaired) electrons. The van der Waals surface area contributed by atoms with Crippen molar-refractivity contribution in [3.8, 4) is 5.88 Å². The molecular weight excluding hydrogens is 254 g/mol. The number of nitrogens with one attached hydrogen (secondary N) is 1. The maximum Gasteiger partial charge on any atom is 0.222 e. The van der Waals surface area contributed by atoms with Crippen LogP contribution in [0, 0.1) is 0 Å². The van der Waals surface area contributed by atoms with Gasteiger partial charge >= 0.3 is 0 Å². The van der Waals surface area contributed by atoms with Crippen LogP contribution in [0.2, 0.25) is 0 Å². The summed E-state index contributed by atoms with van der Waals surface area (Å²) in [7, 11) is 0. The van der Waals surface area contributed by atoms with E-state index >= 15 is 0 Å². The van der Waals surface area contributed by atoms with Gasteiger partial charge in [0, 0.05) is 6.54 Å². The molecule has 0 spiro atoms. The molecule has 1 rings (SSSR count). The van der Waals surface area contributed by atoms with E-state index in [0.29, 0.717) is 25.0 Å². The smallest absolute Gasteiger partial charge is 0.222 e. The van der Waals surface area contributed by atoms with Gasteiger partial charge in [0.2, 0.25) is 5.88 Å². The molecule has 114 valence electrons. The Bertz CT molecular complexity index is 395. The van der Waals surface area contributed by atoms with Gasteiger partial charge in [-0.15, -0.1) is 0 Å². The molecule has 0 fully saturated rings. The topological polar surface area (TPSA) is 56.3 Å². The van der Waals surface area contributed by atoms with Crippen LogP contribution in [-0.4, -0.2) is 35.8 Å². The molecule has 1 N–H and O–H groups in total. The lowest BCUT2D eigenvalue weighted by molar-refractivity contribution is 0.0539. The third-order valence-electron chi connectivity index (χ3n) is 2.74. The Labute approximate surface area is 122 Å². The van der Waals surface area contributed by atoms with Crippen molar-refractivity contribution in [3.63, 3.8) is 0 Å². The molecule has 0 unspecified atom stereocenters. The van der Waals surface area contributed by atoms with Gasteiger partial charge in [0.25, 0.3) is 0 Å². The van der Waals surface area contributed by atoms with Gasteiger partial charge < -0.3 is 14.8 Å². The Morgan fingerprint density at radius 3 is 2.50 bits per heavy atom. The van der Waals surface area contributed by atoms with Crippen molar-refractivity contribution in [1.29, 1.82) is 0 Å². The summed E-state index contributed by atoms with van der Waals surface area (Å²) in [5, 5.41) is 3.33. The zero-order chi connectivity index (χ0) is 15.0. The van der Waals surface area contributed by atoms with Crippen LogP contribution in [0.25, 0.3) is 0 Å². The lowest BCUT2D eigenvalue weighted by Crippen LogP contribution is -2.14. The van der Waals surface area contributed by atoms with Crippen LogP contribution >= 0.6 is 0 Å². The van der Waals surface area contributed by atoms with Crippen LogP contribution in [0.4, 0.5) is 5.82 Å². The Kier molecular flexibility index (Phi) is 7.30. The molecule has 1 aromatic heterocycles. The SMILES string of the molecule is CCCNc1ncnc(OCCOC(C)C)c1C(C)C. The highest BCUT2D eigenvalue weighted by Gasteiger charge is 2.15. The van der Waals surface area contributed by atoms with E-state index in [9.17, 15) is 0 Å². The van der Waals surface area contributed by atoms with Gasteiger partial charge in [-0.1, -0.05) is 20.8 Å². The summed E-state index contributed by atoms with van der Waals surface area (Å²) in [6, 6.07) is 0. The van der Waals surface area contributed by atoms with Crippen LogP contribution in [0.1, 0.15) is 52.5 Å². The zero-order valence-corrected chi connectivity index (χ0v) is 13.3. The van der Waals surface area contributed by atoms with Crippen LogP contribution in [-0.2, 0) is 4.74 Å². The molecule has 0 bridgehead atoms. The van der Waals surface area contributed by atoms with Crippen LogP contribution in [0.5, 0.6) is 5.88 Å². The highest BCUT2D eigenvalue weighted by molar-refractivity contribution is 5.50. The fourth-order valence-corrected chi connectivity index (χ4v) is 1.82. The minimum atomic E-state index is 0.218. The standard InChI is InChI=1S/C15H27N3O2/c1-6-7-16-14-13(11(2)3)15(18-10-17-14)20-9-8-19-12(4)5/h10-12H,6-9H2,1-5H3,(H,16,17,18). The van der Waals surface area contributed by atoms with Crippen molar-refractivity contribution in [2.45, 2.75) is 53.1 Å². The summed E-state index contributed by atoms with van der Waals surface area (Å²) >= 11 is 0. The van der Waals surface area contributed by atoms with Crippen LogP contribution in [0.3, 0.4) is 0 Å².